The van der Waals surface area contributed by atoms with E-state index in [1.807, 2.05) is 6.92 Å². The van der Waals surface area contributed by atoms with Crippen LogP contribution in [0, 0.1) is 5.92 Å². The van der Waals surface area contributed by atoms with Crippen LogP contribution < -0.4 is 10.5 Å². The third-order valence-corrected chi connectivity index (χ3v) is 3.22. The molecule has 1 aliphatic rings. The minimum atomic E-state index is 0.634. The number of nitrogens with two attached hydrogens (primary N) is 1. The van der Waals surface area contributed by atoms with Gasteiger partial charge < -0.3 is 10.5 Å². The topological polar surface area (TPSA) is 35.2 Å². The minimum Gasteiger partial charge on any atom is -0.493 e. The number of rotatable bonds is 5. The molecule has 0 aromatic heterocycles. The second-order valence-electron chi connectivity index (χ2n) is 5.04. The van der Waals surface area contributed by atoms with Crippen molar-refractivity contribution in [2.24, 2.45) is 11.7 Å². The molecule has 1 aromatic carbocycles. The van der Waals surface area contributed by atoms with Crippen LogP contribution >= 0.6 is 0 Å². The lowest BCUT2D eigenvalue weighted by Gasteiger charge is -2.11. The molecule has 0 spiro atoms. The van der Waals surface area contributed by atoms with Gasteiger partial charge in [0.05, 0.1) is 6.61 Å². The lowest BCUT2D eigenvalue weighted by Crippen LogP contribution is -2.00. The van der Waals surface area contributed by atoms with E-state index in [9.17, 15) is 0 Å². The SMILES string of the molecule is CCN.CC[C@@H](C)c1cccc(OCC2CC2)c1. The lowest BCUT2D eigenvalue weighted by molar-refractivity contribution is 0.299. The third kappa shape index (κ3) is 5.54. The molecule has 2 nitrogen and oxygen atoms in total. The van der Waals surface area contributed by atoms with Crippen LogP contribution in [0.1, 0.15) is 51.5 Å². The summed E-state index contributed by atoms with van der Waals surface area (Å²) in [7, 11) is 0. The first-order valence-corrected chi connectivity index (χ1v) is 7.14. The summed E-state index contributed by atoms with van der Waals surface area (Å²) in [6.45, 7) is 8.05. The van der Waals surface area contributed by atoms with Crippen LogP contribution in [0.15, 0.2) is 24.3 Å². The Bertz CT molecular complexity index is 334. The number of hydrogen-bond donors (Lipinski definition) is 1. The largest absolute Gasteiger partial charge is 0.493 e. The summed E-state index contributed by atoms with van der Waals surface area (Å²) in [4.78, 5) is 0. The normalized spacial score (nSPS) is 15.6. The highest BCUT2D eigenvalue weighted by molar-refractivity contribution is 5.30. The van der Waals surface area contributed by atoms with Gasteiger partial charge in [-0.3, -0.25) is 0 Å². The molecular weight excluding hydrogens is 222 g/mol. The number of hydrogen-bond acceptors (Lipinski definition) is 2. The summed E-state index contributed by atoms with van der Waals surface area (Å²) in [5, 5.41) is 0. The number of ether oxygens (including phenoxy) is 1. The zero-order chi connectivity index (χ0) is 13.4. The Hall–Kier alpha value is -1.02. The summed E-state index contributed by atoms with van der Waals surface area (Å²) in [5.41, 5.74) is 6.24. The molecule has 1 aliphatic carbocycles. The number of benzene rings is 1. The van der Waals surface area contributed by atoms with Crippen LogP contribution in [0.25, 0.3) is 0 Å². The summed E-state index contributed by atoms with van der Waals surface area (Å²) < 4.78 is 5.77. The molecule has 0 aliphatic heterocycles. The molecule has 1 saturated carbocycles. The average Bonchev–Trinajstić information content (AvgIpc) is 3.21. The van der Waals surface area contributed by atoms with Gasteiger partial charge >= 0.3 is 0 Å². The standard InChI is InChI=1S/C14H20O.C2H7N/c1-3-11(2)13-5-4-6-14(9-13)15-10-12-7-8-12;1-2-3/h4-6,9,11-12H,3,7-8,10H2,1-2H3;2-3H2,1H3/t11-;/m1./s1. The van der Waals surface area contributed by atoms with Crippen LogP contribution in [-0.4, -0.2) is 13.2 Å². The Morgan fingerprint density at radius 2 is 2.00 bits per heavy atom. The molecular formula is C16H27NO. The summed E-state index contributed by atoms with van der Waals surface area (Å²) >= 11 is 0. The van der Waals surface area contributed by atoms with Gasteiger partial charge in [-0.05, 0) is 55.3 Å². The van der Waals surface area contributed by atoms with Crippen LogP contribution in [0.5, 0.6) is 5.75 Å². The first-order valence-electron chi connectivity index (χ1n) is 7.14. The first-order chi connectivity index (χ1) is 8.71. The highest BCUT2D eigenvalue weighted by Gasteiger charge is 2.21. The Labute approximate surface area is 112 Å². The molecule has 1 aromatic rings. The van der Waals surface area contributed by atoms with Crippen LogP contribution in [0.3, 0.4) is 0 Å². The molecule has 0 heterocycles. The zero-order valence-electron chi connectivity index (χ0n) is 12.0. The molecule has 2 N–H and O–H groups in total. The van der Waals surface area contributed by atoms with Crippen LogP contribution in [0.4, 0.5) is 0 Å². The molecule has 1 fully saturated rings. The highest BCUT2D eigenvalue weighted by atomic mass is 16.5. The fourth-order valence-electron chi connectivity index (χ4n) is 1.65. The van der Waals surface area contributed by atoms with Gasteiger partial charge in [0.1, 0.15) is 5.75 Å². The average molecular weight is 249 g/mol. The van der Waals surface area contributed by atoms with Gasteiger partial charge in [0.2, 0.25) is 0 Å². The van der Waals surface area contributed by atoms with Gasteiger partial charge in [0.25, 0.3) is 0 Å². The van der Waals surface area contributed by atoms with Gasteiger partial charge in [-0.15, -0.1) is 0 Å². The zero-order valence-corrected chi connectivity index (χ0v) is 12.0. The molecule has 1 atom stereocenters. The Morgan fingerprint density at radius 3 is 2.56 bits per heavy atom. The molecule has 2 heteroatoms. The fraction of sp³-hybridized carbons (Fsp3) is 0.625. The van der Waals surface area contributed by atoms with Crippen molar-refractivity contribution in [1.29, 1.82) is 0 Å². The summed E-state index contributed by atoms with van der Waals surface area (Å²) in [5.74, 6) is 2.51. The molecule has 0 saturated heterocycles. The van der Waals surface area contributed by atoms with E-state index in [0.29, 0.717) is 5.92 Å². The quantitative estimate of drug-likeness (QED) is 0.857. The molecule has 0 amide bonds. The van der Waals surface area contributed by atoms with Crippen molar-refractivity contribution in [1.82, 2.24) is 0 Å². The Balaban J connectivity index is 0.000000492. The Kier molecular flexibility index (Phi) is 6.81. The molecule has 0 unspecified atom stereocenters. The maximum Gasteiger partial charge on any atom is 0.119 e. The predicted octanol–water partition coefficient (Wildman–Crippen LogP) is 3.95. The van der Waals surface area contributed by atoms with Crippen molar-refractivity contribution in [3.8, 4) is 5.75 Å². The molecule has 0 radical (unpaired) electrons. The van der Waals surface area contributed by atoms with Gasteiger partial charge in [0, 0.05) is 0 Å². The predicted molar refractivity (Wildman–Crippen MR) is 78.1 cm³/mol. The minimum absolute atomic E-state index is 0.634. The van der Waals surface area contributed by atoms with Crippen molar-refractivity contribution in [2.45, 2.75) is 46.0 Å². The van der Waals surface area contributed by atoms with E-state index < -0.39 is 0 Å². The summed E-state index contributed by atoms with van der Waals surface area (Å²) in [6.07, 6.45) is 3.89. The van der Waals surface area contributed by atoms with E-state index in [4.69, 9.17) is 10.5 Å². The van der Waals surface area contributed by atoms with Crippen molar-refractivity contribution in [3.05, 3.63) is 29.8 Å². The van der Waals surface area contributed by atoms with Gasteiger partial charge in [0.15, 0.2) is 0 Å². The Morgan fingerprint density at radius 1 is 1.33 bits per heavy atom. The lowest BCUT2D eigenvalue weighted by atomic mass is 9.99. The van der Waals surface area contributed by atoms with Crippen LogP contribution in [0.2, 0.25) is 0 Å². The molecule has 18 heavy (non-hydrogen) atoms. The van der Waals surface area contributed by atoms with E-state index in [0.717, 1.165) is 24.8 Å². The van der Waals surface area contributed by atoms with E-state index in [1.54, 1.807) is 0 Å². The molecule has 0 bridgehead atoms. The smallest absolute Gasteiger partial charge is 0.119 e. The van der Waals surface area contributed by atoms with Crippen molar-refractivity contribution >= 4 is 0 Å². The van der Waals surface area contributed by atoms with Crippen molar-refractivity contribution in [2.75, 3.05) is 13.2 Å². The monoisotopic (exact) mass is 249 g/mol. The van der Waals surface area contributed by atoms with E-state index in [1.165, 1.54) is 24.8 Å². The second-order valence-corrected chi connectivity index (χ2v) is 5.04. The second kappa shape index (κ2) is 8.15. The van der Waals surface area contributed by atoms with Gasteiger partial charge in [-0.2, -0.15) is 0 Å². The van der Waals surface area contributed by atoms with Gasteiger partial charge in [-0.1, -0.05) is 32.9 Å². The van der Waals surface area contributed by atoms with E-state index >= 15 is 0 Å². The van der Waals surface area contributed by atoms with Gasteiger partial charge in [-0.25, -0.2) is 0 Å². The van der Waals surface area contributed by atoms with E-state index in [-0.39, 0.29) is 0 Å². The summed E-state index contributed by atoms with van der Waals surface area (Å²) in [6, 6.07) is 8.55. The fourth-order valence-corrected chi connectivity index (χ4v) is 1.65. The van der Waals surface area contributed by atoms with E-state index in [2.05, 4.69) is 38.1 Å². The van der Waals surface area contributed by atoms with Crippen molar-refractivity contribution < 1.29 is 4.74 Å². The maximum absolute atomic E-state index is 5.77. The molecule has 102 valence electrons. The highest BCUT2D eigenvalue weighted by Crippen LogP contribution is 2.30. The van der Waals surface area contributed by atoms with Crippen molar-refractivity contribution in [3.63, 3.8) is 0 Å². The van der Waals surface area contributed by atoms with Crippen LogP contribution in [-0.2, 0) is 0 Å². The maximum atomic E-state index is 5.77. The third-order valence-electron chi connectivity index (χ3n) is 3.22. The molecule has 2 rings (SSSR count). The first kappa shape index (κ1) is 15.0.